The third-order valence-electron chi connectivity index (χ3n) is 4.71. The number of imidazole rings is 1. The van der Waals surface area contributed by atoms with Crippen LogP contribution in [0.5, 0.6) is 0 Å². The molecule has 0 spiro atoms. The zero-order chi connectivity index (χ0) is 21.6. The molecule has 1 unspecified atom stereocenters. The second kappa shape index (κ2) is 10.1. The first-order valence-corrected chi connectivity index (χ1v) is 13.9. The molecule has 7 heteroatoms. The van der Waals surface area contributed by atoms with Gasteiger partial charge in [-0.25, -0.2) is 9.78 Å². The van der Waals surface area contributed by atoms with E-state index in [1.54, 1.807) is 12.3 Å². The summed E-state index contributed by atoms with van der Waals surface area (Å²) in [7, 11) is -1.76. The van der Waals surface area contributed by atoms with Crippen LogP contribution >= 0.6 is 0 Å². The molecule has 0 aliphatic rings. The van der Waals surface area contributed by atoms with Gasteiger partial charge >= 0.3 is 5.97 Å². The zero-order valence-corrected chi connectivity index (χ0v) is 19.5. The second-order valence-electron chi connectivity index (χ2n) is 8.41. The Balaban J connectivity index is 2.52. The van der Waals surface area contributed by atoms with Crippen molar-refractivity contribution in [2.45, 2.75) is 71.9 Å². The number of rotatable bonds is 11. The lowest BCUT2D eigenvalue weighted by Crippen LogP contribution is -2.38. The van der Waals surface area contributed by atoms with Crippen molar-refractivity contribution in [1.29, 1.82) is 0 Å². The van der Waals surface area contributed by atoms with Crippen LogP contribution in [0.25, 0.3) is 6.08 Å². The number of aryl methyl sites for hydroxylation is 2. The number of hydrogen-bond donors (Lipinski definition) is 1. The lowest BCUT2D eigenvalue weighted by molar-refractivity contribution is -0.132. The van der Waals surface area contributed by atoms with E-state index in [-0.39, 0.29) is 17.8 Å². The molecule has 2 heterocycles. The van der Waals surface area contributed by atoms with Gasteiger partial charge in [0.05, 0.1) is 11.9 Å². The van der Waals surface area contributed by atoms with Gasteiger partial charge < -0.3 is 18.8 Å². The van der Waals surface area contributed by atoms with E-state index in [9.17, 15) is 9.90 Å². The second-order valence-corrected chi connectivity index (χ2v) is 13.6. The van der Waals surface area contributed by atoms with E-state index in [1.165, 1.54) is 0 Å². The lowest BCUT2D eigenvalue weighted by Gasteiger charge is -2.32. The fraction of sp³-hybridized carbons (Fsp3) is 0.545. The molecule has 0 saturated heterocycles. The molecule has 0 aliphatic heterocycles. The third kappa shape index (κ3) is 6.18. The highest BCUT2D eigenvalue weighted by molar-refractivity contribution is 6.76. The number of carbonyl (C=O) groups is 1. The monoisotopic (exact) mass is 418 g/mol. The molecule has 0 aliphatic carbocycles. The van der Waals surface area contributed by atoms with E-state index in [0.29, 0.717) is 12.4 Å². The molecule has 0 radical (unpaired) electrons. The Morgan fingerprint density at radius 1 is 1.34 bits per heavy atom. The standard InChI is InChI=1S/C22H34N2O4Si/c1-7-9-10-20-23-15-18(24(20)22(27-8-2)29(4,5)6)13-17(21(25)26)14-19-12-11-16(3)28-19/h11-13,15,22H,7-10,14H2,1-6H3,(H,25,26)/b17-13-. The van der Waals surface area contributed by atoms with E-state index in [4.69, 9.17) is 9.15 Å². The smallest absolute Gasteiger partial charge is 0.332 e. The Kier molecular flexibility index (Phi) is 8.04. The topological polar surface area (TPSA) is 77.5 Å². The summed E-state index contributed by atoms with van der Waals surface area (Å²) in [6.45, 7) is 13.4. The maximum absolute atomic E-state index is 11.9. The van der Waals surface area contributed by atoms with Crippen LogP contribution < -0.4 is 0 Å². The van der Waals surface area contributed by atoms with Crippen molar-refractivity contribution in [2.75, 3.05) is 6.61 Å². The maximum atomic E-state index is 11.9. The molecule has 2 aromatic rings. The van der Waals surface area contributed by atoms with Crippen LogP contribution in [0.4, 0.5) is 0 Å². The minimum absolute atomic E-state index is 0.103. The summed E-state index contributed by atoms with van der Waals surface area (Å²) < 4.78 is 13.9. The molecule has 0 saturated carbocycles. The van der Waals surface area contributed by atoms with Gasteiger partial charge in [-0.2, -0.15) is 0 Å². The van der Waals surface area contributed by atoms with E-state index < -0.39 is 14.0 Å². The van der Waals surface area contributed by atoms with Crippen LogP contribution in [0, 0.1) is 6.92 Å². The number of furan rings is 1. The Bertz CT molecular complexity index is 845. The zero-order valence-electron chi connectivity index (χ0n) is 18.5. The van der Waals surface area contributed by atoms with E-state index in [2.05, 4.69) is 36.1 Å². The molecule has 2 rings (SSSR count). The quantitative estimate of drug-likeness (QED) is 0.398. The average molecular weight is 419 g/mol. The fourth-order valence-corrected chi connectivity index (χ4v) is 5.06. The van der Waals surface area contributed by atoms with Crippen LogP contribution in [0.3, 0.4) is 0 Å². The number of ether oxygens (including phenoxy) is 1. The average Bonchev–Trinajstić information content (AvgIpc) is 3.22. The van der Waals surface area contributed by atoms with E-state index >= 15 is 0 Å². The molecule has 160 valence electrons. The molecule has 1 atom stereocenters. The molecule has 0 aromatic carbocycles. The van der Waals surface area contributed by atoms with Gasteiger partial charge in [0.25, 0.3) is 0 Å². The van der Waals surface area contributed by atoms with Gasteiger partial charge in [-0.3, -0.25) is 0 Å². The molecule has 1 N–H and O–H groups in total. The molecule has 0 amide bonds. The minimum atomic E-state index is -1.76. The highest BCUT2D eigenvalue weighted by Crippen LogP contribution is 2.28. The summed E-state index contributed by atoms with van der Waals surface area (Å²) in [4.78, 5) is 16.6. The lowest BCUT2D eigenvalue weighted by atomic mass is 10.1. The summed E-state index contributed by atoms with van der Waals surface area (Å²) in [5.41, 5.74) is 1.05. The largest absolute Gasteiger partial charge is 0.478 e. The van der Waals surface area contributed by atoms with E-state index in [1.807, 2.05) is 26.0 Å². The molecule has 2 aromatic heterocycles. The summed E-state index contributed by atoms with van der Waals surface area (Å²) in [5, 5.41) is 9.78. The summed E-state index contributed by atoms with van der Waals surface area (Å²) in [5.74, 6) is 1.31. The Labute approximate surface area is 174 Å². The number of aromatic nitrogens is 2. The molecular formula is C22H34N2O4Si. The number of hydrogen-bond acceptors (Lipinski definition) is 4. The van der Waals surface area contributed by atoms with Gasteiger partial charge in [-0.15, -0.1) is 0 Å². The van der Waals surface area contributed by atoms with Crippen molar-refractivity contribution in [3.05, 3.63) is 46.9 Å². The maximum Gasteiger partial charge on any atom is 0.332 e. The number of aliphatic carboxylic acids is 1. The van der Waals surface area contributed by atoms with E-state index in [0.717, 1.165) is 36.5 Å². The first-order valence-electron chi connectivity index (χ1n) is 10.3. The van der Waals surface area contributed by atoms with Gasteiger partial charge in [0.2, 0.25) is 0 Å². The Morgan fingerprint density at radius 3 is 2.59 bits per heavy atom. The number of nitrogens with zero attached hydrogens (tertiary/aromatic N) is 2. The Hall–Kier alpha value is -2.12. The van der Waals surface area contributed by atoms with Crippen LogP contribution in [-0.2, 0) is 22.4 Å². The first-order chi connectivity index (χ1) is 13.7. The van der Waals surface area contributed by atoms with Crippen molar-refractivity contribution in [3.63, 3.8) is 0 Å². The van der Waals surface area contributed by atoms with Gasteiger partial charge in [0.1, 0.15) is 31.3 Å². The highest BCUT2D eigenvalue weighted by atomic mass is 28.3. The SMILES string of the molecule is CCCCc1ncc(/C=C(/Cc2ccc(C)o2)C(=O)O)n1C(OCC)[Si](C)(C)C. The van der Waals surface area contributed by atoms with Gasteiger partial charge in [-0.05, 0) is 38.5 Å². The third-order valence-corrected chi connectivity index (χ3v) is 6.62. The van der Waals surface area contributed by atoms with Crippen LogP contribution in [0.1, 0.15) is 55.6 Å². The summed E-state index contributed by atoms with van der Waals surface area (Å²) in [6.07, 6.45) is 6.66. The number of carboxylic acid groups (broad SMARTS) is 1. The van der Waals surface area contributed by atoms with Crippen molar-refractivity contribution in [2.24, 2.45) is 0 Å². The summed E-state index contributed by atoms with van der Waals surface area (Å²) >= 11 is 0. The highest BCUT2D eigenvalue weighted by Gasteiger charge is 2.32. The first kappa shape index (κ1) is 23.2. The van der Waals surface area contributed by atoms with Crippen molar-refractivity contribution in [1.82, 2.24) is 9.55 Å². The predicted molar refractivity (Wildman–Crippen MR) is 118 cm³/mol. The molecule has 29 heavy (non-hydrogen) atoms. The van der Waals surface area contributed by atoms with Crippen molar-refractivity contribution in [3.8, 4) is 0 Å². The van der Waals surface area contributed by atoms with Crippen molar-refractivity contribution >= 4 is 20.1 Å². The number of carboxylic acids is 1. The predicted octanol–water partition coefficient (Wildman–Crippen LogP) is 5.25. The Morgan fingerprint density at radius 2 is 2.07 bits per heavy atom. The van der Waals surface area contributed by atoms with Crippen molar-refractivity contribution < 1.29 is 19.1 Å². The summed E-state index contributed by atoms with van der Waals surface area (Å²) in [6, 6.07) is 3.67. The van der Waals surface area contributed by atoms with Crippen LogP contribution in [0.2, 0.25) is 19.6 Å². The van der Waals surface area contributed by atoms with Gasteiger partial charge in [0.15, 0.2) is 0 Å². The fourth-order valence-electron chi connectivity index (χ4n) is 3.32. The van der Waals surface area contributed by atoms with Gasteiger partial charge in [-0.1, -0.05) is 33.0 Å². The van der Waals surface area contributed by atoms with Gasteiger partial charge in [0, 0.05) is 25.0 Å². The van der Waals surface area contributed by atoms with Crippen LogP contribution in [-0.4, -0.2) is 35.3 Å². The molecule has 0 fully saturated rings. The molecule has 0 bridgehead atoms. The minimum Gasteiger partial charge on any atom is -0.478 e. The number of unbranched alkanes of at least 4 members (excludes halogenated alkanes) is 1. The normalized spacial score (nSPS) is 13.7. The van der Waals surface area contributed by atoms with Crippen LogP contribution in [0.15, 0.2) is 28.3 Å². The molecule has 6 nitrogen and oxygen atoms in total. The molecular weight excluding hydrogens is 384 g/mol.